The van der Waals surface area contributed by atoms with Crippen LogP contribution >= 0.6 is 11.6 Å². The second-order valence-electron chi connectivity index (χ2n) is 8.62. The molecule has 1 aromatic heterocycles. The number of amides is 1. The van der Waals surface area contributed by atoms with Gasteiger partial charge in [-0.1, -0.05) is 24.4 Å². The average Bonchev–Trinajstić information content (AvgIpc) is 3.63. The van der Waals surface area contributed by atoms with Crippen molar-refractivity contribution in [3.63, 3.8) is 0 Å². The molecule has 1 aliphatic carbocycles. The van der Waals surface area contributed by atoms with Crippen molar-refractivity contribution in [2.45, 2.75) is 30.7 Å². The number of anilines is 1. The number of halogens is 2. The van der Waals surface area contributed by atoms with Crippen LogP contribution in [0.2, 0.25) is 5.02 Å². The van der Waals surface area contributed by atoms with E-state index in [2.05, 4.69) is 9.71 Å². The molecule has 0 atom stereocenters. The molecular weight excluding hydrogens is 515 g/mol. The minimum Gasteiger partial charge on any atom is -0.506 e. The molecule has 0 spiro atoms. The normalized spacial score (nSPS) is 16.2. The Bertz CT molecular complexity index is 1630. The van der Waals surface area contributed by atoms with Crippen LogP contribution in [0.15, 0.2) is 44.4 Å². The van der Waals surface area contributed by atoms with Crippen LogP contribution in [-0.2, 0) is 21.4 Å². The quantitative estimate of drug-likeness (QED) is 0.421. The van der Waals surface area contributed by atoms with Crippen LogP contribution in [0.4, 0.5) is 10.1 Å². The molecule has 4 N–H and O–H groups in total. The second-order valence-corrected chi connectivity index (χ2v) is 10.6. The standard InChI is InChI=1S/C23H20ClFN4O6S/c24-14-4-6-16(35-10-17(26)30)21-19(14)27-22(28-36(21,33)34)18-20(31)13-9-12(25)3-5-15(13)29(23(18)32)8-7-11-1-2-11/h3-6,9,11,31H,1-2,7-8,10H2,(H2,26,30)(H,27,28). The first-order chi connectivity index (χ1) is 17.1. The number of benzene rings is 2. The molecule has 10 nitrogen and oxygen atoms in total. The van der Waals surface area contributed by atoms with Gasteiger partial charge in [0, 0.05) is 11.9 Å². The van der Waals surface area contributed by atoms with E-state index in [1.54, 1.807) is 0 Å². The highest BCUT2D eigenvalue weighted by atomic mass is 35.5. The van der Waals surface area contributed by atoms with Crippen molar-refractivity contribution in [2.75, 3.05) is 11.9 Å². The number of hydrogen-bond donors (Lipinski definition) is 3. The summed E-state index contributed by atoms with van der Waals surface area (Å²) >= 11 is 6.25. The molecule has 0 bridgehead atoms. The molecular formula is C23H20ClFN4O6S. The van der Waals surface area contributed by atoms with E-state index in [0.717, 1.165) is 18.9 Å². The zero-order chi connectivity index (χ0) is 25.8. The number of amidine groups is 1. The summed E-state index contributed by atoms with van der Waals surface area (Å²) in [6.45, 7) is -0.301. The van der Waals surface area contributed by atoms with Crippen LogP contribution in [0.1, 0.15) is 24.8 Å². The number of pyridine rings is 1. The molecule has 0 radical (unpaired) electrons. The van der Waals surface area contributed by atoms with Gasteiger partial charge in [-0.3, -0.25) is 9.59 Å². The number of ether oxygens (including phenoxy) is 1. The fourth-order valence-electron chi connectivity index (χ4n) is 4.16. The summed E-state index contributed by atoms with van der Waals surface area (Å²) in [5, 5.41) is 13.7. The molecule has 1 aliphatic heterocycles. The third-order valence-corrected chi connectivity index (χ3v) is 7.71. The molecule has 13 heteroatoms. The van der Waals surface area contributed by atoms with Crippen LogP contribution in [-0.4, -0.2) is 36.4 Å². The van der Waals surface area contributed by atoms with Gasteiger partial charge in [-0.15, -0.1) is 4.40 Å². The Morgan fingerprint density at radius 3 is 2.75 bits per heavy atom. The molecule has 1 saturated carbocycles. The topological polar surface area (TPSA) is 153 Å². The Labute approximate surface area is 209 Å². The van der Waals surface area contributed by atoms with Crippen LogP contribution in [0.5, 0.6) is 11.5 Å². The number of primary amides is 1. The summed E-state index contributed by atoms with van der Waals surface area (Å²) in [5.41, 5.74) is 4.09. The lowest BCUT2D eigenvalue weighted by atomic mass is 10.1. The van der Waals surface area contributed by atoms with E-state index in [9.17, 15) is 27.5 Å². The molecule has 0 saturated heterocycles. The van der Waals surface area contributed by atoms with Gasteiger partial charge in [-0.25, -0.2) is 4.39 Å². The van der Waals surface area contributed by atoms with E-state index < -0.39 is 56.0 Å². The summed E-state index contributed by atoms with van der Waals surface area (Å²) in [7, 11) is -4.53. The number of carbonyl (C=O) groups excluding carboxylic acids is 1. The highest BCUT2D eigenvalue weighted by Crippen LogP contribution is 2.42. The molecule has 2 aromatic carbocycles. The van der Waals surface area contributed by atoms with Gasteiger partial charge in [-0.05, 0) is 42.7 Å². The fraction of sp³-hybridized carbons (Fsp3) is 0.261. The van der Waals surface area contributed by atoms with Gasteiger partial charge >= 0.3 is 0 Å². The van der Waals surface area contributed by atoms with Crippen LogP contribution in [0, 0.1) is 11.7 Å². The number of sulfonamides is 1. The van der Waals surface area contributed by atoms with Gasteiger partial charge in [-0.2, -0.15) is 8.42 Å². The summed E-state index contributed by atoms with van der Waals surface area (Å²) < 4.78 is 50.8. The minimum atomic E-state index is -4.53. The van der Waals surface area contributed by atoms with E-state index in [0.29, 0.717) is 24.4 Å². The number of aryl methyl sites for hydroxylation is 1. The lowest BCUT2D eigenvalue weighted by Crippen LogP contribution is -2.33. The Balaban J connectivity index is 1.70. The van der Waals surface area contributed by atoms with Crippen molar-refractivity contribution in [3.8, 4) is 11.5 Å². The van der Waals surface area contributed by atoms with E-state index in [1.165, 1.54) is 28.8 Å². The van der Waals surface area contributed by atoms with Crippen LogP contribution < -0.4 is 21.3 Å². The van der Waals surface area contributed by atoms with Crippen molar-refractivity contribution < 1.29 is 27.4 Å². The minimum absolute atomic E-state index is 0.0257. The maximum absolute atomic E-state index is 14.1. The molecule has 0 unspecified atom stereocenters. The molecule has 1 fully saturated rings. The summed E-state index contributed by atoms with van der Waals surface area (Å²) in [6, 6.07) is 6.20. The highest BCUT2D eigenvalue weighted by Gasteiger charge is 2.34. The van der Waals surface area contributed by atoms with Crippen LogP contribution in [0.25, 0.3) is 10.9 Å². The lowest BCUT2D eigenvalue weighted by molar-refractivity contribution is -0.120. The zero-order valence-corrected chi connectivity index (χ0v) is 20.2. The summed E-state index contributed by atoms with van der Waals surface area (Å²) in [6.07, 6.45) is 2.80. The summed E-state index contributed by atoms with van der Waals surface area (Å²) in [5.74, 6) is -2.34. The van der Waals surface area contributed by atoms with Gasteiger partial charge in [0.1, 0.15) is 22.9 Å². The fourth-order valence-corrected chi connectivity index (χ4v) is 5.69. The SMILES string of the molecule is NC(=O)COc1ccc(Cl)c2c1S(=O)(=O)N=C(c1c(O)c3cc(F)ccc3n(CCC3CC3)c1=O)N2. The number of nitrogens with two attached hydrogens (primary N) is 1. The molecule has 188 valence electrons. The number of rotatable bonds is 7. The maximum atomic E-state index is 14.1. The molecule has 36 heavy (non-hydrogen) atoms. The molecule has 2 aliphatic rings. The van der Waals surface area contributed by atoms with Crippen LogP contribution in [0.3, 0.4) is 0 Å². The Kier molecular flexibility index (Phi) is 5.87. The number of nitrogens with zero attached hydrogens (tertiary/aromatic N) is 2. The van der Waals surface area contributed by atoms with Crippen molar-refractivity contribution in [1.82, 2.24) is 4.57 Å². The Hall–Kier alpha value is -3.64. The second kappa shape index (κ2) is 8.79. The zero-order valence-electron chi connectivity index (χ0n) is 18.6. The number of fused-ring (bicyclic) bond motifs is 2. The molecule has 1 amide bonds. The maximum Gasteiger partial charge on any atom is 0.290 e. The Morgan fingerprint density at radius 2 is 2.06 bits per heavy atom. The van der Waals surface area contributed by atoms with Gasteiger partial charge in [0.05, 0.1) is 16.2 Å². The predicted octanol–water partition coefficient (Wildman–Crippen LogP) is 2.72. The number of nitrogens with one attached hydrogen (secondary N) is 1. The van der Waals surface area contributed by atoms with Crippen molar-refractivity contribution >= 4 is 50.0 Å². The van der Waals surface area contributed by atoms with Gasteiger partial charge in [0.25, 0.3) is 21.5 Å². The smallest absolute Gasteiger partial charge is 0.290 e. The molecule has 2 heterocycles. The number of hydrogen-bond acceptors (Lipinski definition) is 7. The first-order valence-electron chi connectivity index (χ1n) is 11.0. The van der Waals surface area contributed by atoms with Gasteiger partial charge in [0.15, 0.2) is 17.3 Å². The largest absolute Gasteiger partial charge is 0.506 e. The van der Waals surface area contributed by atoms with E-state index >= 15 is 0 Å². The predicted molar refractivity (Wildman–Crippen MR) is 131 cm³/mol. The lowest BCUT2D eigenvalue weighted by Gasteiger charge is -2.23. The third kappa shape index (κ3) is 4.26. The van der Waals surface area contributed by atoms with E-state index in [1.807, 2.05) is 0 Å². The highest BCUT2D eigenvalue weighted by molar-refractivity contribution is 7.90. The monoisotopic (exact) mass is 534 g/mol. The summed E-state index contributed by atoms with van der Waals surface area (Å²) in [4.78, 5) is 24.2. The van der Waals surface area contributed by atoms with Gasteiger partial charge < -0.3 is 25.5 Å². The van der Waals surface area contributed by atoms with Crippen molar-refractivity contribution in [1.29, 1.82) is 0 Å². The van der Waals surface area contributed by atoms with E-state index in [4.69, 9.17) is 22.1 Å². The first kappa shape index (κ1) is 24.1. The number of carbonyl (C=O) groups is 1. The first-order valence-corrected chi connectivity index (χ1v) is 12.8. The number of aromatic nitrogens is 1. The number of aromatic hydroxyl groups is 1. The molecule has 5 rings (SSSR count). The van der Waals surface area contributed by atoms with Crippen molar-refractivity contribution in [3.05, 3.63) is 57.1 Å². The molecule has 3 aromatic rings. The third-order valence-electron chi connectivity index (χ3n) is 6.05. The van der Waals surface area contributed by atoms with Gasteiger partial charge in [0.2, 0.25) is 0 Å². The van der Waals surface area contributed by atoms with Crippen molar-refractivity contribution in [2.24, 2.45) is 16.0 Å². The average molecular weight is 535 g/mol. The van der Waals surface area contributed by atoms with E-state index in [-0.39, 0.29) is 21.8 Å². The Morgan fingerprint density at radius 1 is 1.31 bits per heavy atom.